The molecular weight excluding hydrogens is 366 g/mol. The fourth-order valence-corrected chi connectivity index (χ4v) is 2.52. The van der Waals surface area contributed by atoms with E-state index in [1.54, 1.807) is 50.6 Å². The zero-order chi connectivity index (χ0) is 19.8. The van der Waals surface area contributed by atoms with Gasteiger partial charge >= 0.3 is 5.97 Å². The molecule has 0 spiro atoms. The highest BCUT2D eigenvalue weighted by Crippen LogP contribution is 2.37. The van der Waals surface area contributed by atoms with Crippen LogP contribution in [0.15, 0.2) is 41.4 Å². The van der Waals surface area contributed by atoms with E-state index in [-0.39, 0.29) is 12.1 Å². The molecule has 27 heavy (non-hydrogen) atoms. The molecule has 0 aromatic heterocycles. The average Bonchev–Trinajstić information content (AvgIpc) is 2.68. The summed E-state index contributed by atoms with van der Waals surface area (Å²) in [5.41, 5.74) is 1.98. The first-order valence-electron chi connectivity index (χ1n) is 8.83. The van der Waals surface area contributed by atoms with Crippen LogP contribution in [0, 0.1) is 0 Å². The SMILES string of the molecule is CCOC(=O)c1ccc(N=Cc2cc(Cl)c(O[C@H](C)CC)c(OC)c2)cc1. The largest absolute Gasteiger partial charge is 0.493 e. The van der Waals surface area contributed by atoms with E-state index in [0.29, 0.717) is 34.4 Å². The van der Waals surface area contributed by atoms with Gasteiger partial charge in [-0.15, -0.1) is 0 Å². The molecule has 0 fully saturated rings. The lowest BCUT2D eigenvalue weighted by atomic mass is 10.2. The smallest absolute Gasteiger partial charge is 0.338 e. The van der Waals surface area contributed by atoms with Gasteiger partial charge in [-0.05, 0) is 62.2 Å². The van der Waals surface area contributed by atoms with Crippen molar-refractivity contribution in [3.8, 4) is 11.5 Å². The maximum atomic E-state index is 11.7. The molecule has 0 saturated heterocycles. The Hall–Kier alpha value is -2.53. The number of hydrogen-bond donors (Lipinski definition) is 0. The summed E-state index contributed by atoms with van der Waals surface area (Å²) in [4.78, 5) is 16.1. The third kappa shape index (κ3) is 5.73. The highest BCUT2D eigenvalue weighted by Gasteiger charge is 2.14. The Bertz CT molecular complexity index is 803. The van der Waals surface area contributed by atoms with Crippen molar-refractivity contribution in [2.75, 3.05) is 13.7 Å². The summed E-state index contributed by atoms with van der Waals surface area (Å²) in [7, 11) is 1.57. The Balaban J connectivity index is 2.19. The van der Waals surface area contributed by atoms with E-state index in [4.69, 9.17) is 25.8 Å². The van der Waals surface area contributed by atoms with Crippen LogP contribution in [0.4, 0.5) is 5.69 Å². The van der Waals surface area contributed by atoms with Crippen molar-refractivity contribution in [3.63, 3.8) is 0 Å². The van der Waals surface area contributed by atoms with Crippen LogP contribution in [0.1, 0.15) is 43.1 Å². The van der Waals surface area contributed by atoms with Gasteiger partial charge in [-0.25, -0.2) is 4.79 Å². The molecule has 0 aliphatic carbocycles. The van der Waals surface area contributed by atoms with E-state index in [9.17, 15) is 4.79 Å². The number of benzene rings is 2. The fraction of sp³-hybridized carbons (Fsp3) is 0.333. The second kappa shape index (κ2) is 9.97. The molecule has 0 N–H and O–H groups in total. The topological polar surface area (TPSA) is 57.1 Å². The van der Waals surface area contributed by atoms with Gasteiger partial charge in [0.25, 0.3) is 0 Å². The lowest BCUT2D eigenvalue weighted by Gasteiger charge is -2.17. The monoisotopic (exact) mass is 389 g/mol. The quantitative estimate of drug-likeness (QED) is 0.444. The van der Waals surface area contributed by atoms with Crippen molar-refractivity contribution in [2.24, 2.45) is 4.99 Å². The molecule has 5 nitrogen and oxygen atoms in total. The number of carbonyl (C=O) groups is 1. The van der Waals surface area contributed by atoms with Gasteiger partial charge < -0.3 is 14.2 Å². The molecule has 0 unspecified atom stereocenters. The molecule has 144 valence electrons. The molecule has 2 aromatic carbocycles. The third-order valence-corrected chi connectivity index (χ3v) is 4.17. The van der Waals surface area contributed by atoms with Crippen molar-refractivity contribution >= 4 is 29.5 Å². The highest BCUT2D eigenvalue weighted by atomic mass is 35.5. The molecule has 0 radical (unpaired) electrons. The van der Waals surface area contributed by atoms with Gasteiger partial charge in [0.2, 0.25) is 0 Å². The van der Waals surface area contributed by atoms with Gasteiger partial charge in [0.05, 0.1) is 36.1 Å². The summed E-state index contributed by atoms with van der Waals surface area (Å²) in [6.07, 6.45) is 2.58. The number of esters is 1. The minimum Gasteiger partial charge on any atom is -0.493 e. The zero-order valence-corrected chi connectivity index (χ0v) is 16.7. The van der Waals surface area contributed by atoms with Crippen LogP contribution in [0.25, 0.3) is 0 Å². The summed E-state index contributed by atoms with van der Waals surface area (Å²) >= 11 is 6.36. The molecule has 6 heteroatoms. The van der Waals surface area contributed by atoms with Crippen LogP contribution in [-0.2, 0) is 4.74 Å². The van der Waals surface area contributed by atoms with E-state index in [0.717, 1.165) is 12.0 Å². The summed E-state index contributed by atoms with van der Waals surface area (Å²) in [6.45, 7) is 6.14. The number of halogens is 1. The van der Waals surface area contributed by atoms with Crippen LogP contribution in [0.2, 0.25) is 5.02 Å². The van der Waals surface area contributed by atoms with Crippen molar-refractivity contribution < 1.29 is 19.0 Å². The number of methoxy groups -OCH3 is 1. The molecule has 1 atom stereocenters. The maximum absolute atomic E-state index is 11.7. The molecule has 0 aliphatic rings. The second-order valence-electron chi connectivity index (χ2n) is 5.90. The fourth-order valence-electron chi connectivity index (χ4n) is 2.26. The molecule has 2 rings (SSSR count). The van der Waals surface area contributed by atoms with Gasteiger partial charge in [-0.1, -0.05) is 18.5 Å². The molecular formula is C21H24ClNO4. The summed E-state index contributed by atoms with van der Waals surface area (Å²) < 4.78 is 16.2. The third-order valence-electron chi connectivity index (χ3n) is 3.89. The Morgan fingerprint density at radius 2 is 1.93 bits per heavy atom. The standard InChI is InChI=1S/C21H24ClNO4/c1-5-14(3)27-20-18(22)11-15(12-19(20)25-4)13-23-17-9-7-16(8-10-17)21(24)26-6-2/h7-14H,5-6H2,1-4H3/t14-/m1/s1. The molecule has 0 saturated carbocycles. The number of rotatable bonds is 8. The number of ether oxygens (including phenoxy) is 3. The van der Waals surface area contributed by atoms with Crippen molar-refractivity contribution in [1.29, 1.82) is 0 Å². The first-order chi connectivity index (χ1) is 13.0. The zero-order valence-electron chi connectivity index (χ0n) is 16.0. The van der Waals surface area contributed by atoms with Gasteiger partial charge in [-0.3, -0.25) is 4.99 Å². The van der Waals surface area contributed by atoms with E-state index in [2.05, 4.69) is 4.99 Å². The normalized spacial score (nSPS) is 12.0. The Morgan fingerprint density at radius 3 is 2.52 bits per heavy atom. The summed E-state index contributed by atoms with van der Waals surface area (Å²) in [5, 5.41) is 0.466. The first kappa shape index (κ1) is 20.8. The molecule has 0 heterocycles. The predicted molar refractivity (Wildman–Crippen MR) is 108 cm³/mol. The average molecular weight is 390 g/mol. The van der Waals surface area contributed by atoms with Gasteiger partial charge in [0, 0.05) is 6.21 Å². The lowest BCUT2D eigenvalue weighted by Crippen LogP contribution is -2.11. The second-order valence-corrected chi connectivity index (χ2v) is 6.30. The van der Waals surface area contributed by atoms with Crippen molar-refractivity contribution in [1.82, 2.24) is 0 Å². The van der Waals surface area contributed by atoms with Gasteiger partial charge in [-0.2, -0.15) is 0 Å². The predicted octanol–water partition coefficient (Wildman–Crippen LogP) is 5.45. The van der Waals surface area contributed by atoms with Crippen LogP contribution in [-0.4, -0.2) is 32.0 Å². The van der Waals surface area contributed by atoms with Gasteiger partial charge in [0.1, 0.15) is 0 Å². The molecule has 0 bridgehead atoms. The lowest BCUT2D eigenvalue weighted by molar-refractivity contribution is 0.0526. The van der Waals surface area contributed by atoms with Crippen LogP contribution < -0.4 is 9.47 Å². The van der Waals surface area contributed by atoms with Crippen LogP contribution in [0.3, 0.4) is 0 Å². The maximum Gasteiger partial charge on any atom is 0.338 e. The minimum absolute atomic E-state index is 0.0360. The van der Waals surface area contributed by atoms with E-state index in [1.807, 2.05) is 19.9 Å². The summed E-state index contributed by atoms with van der Waals surface area (Å²) in [5.74, 6) is 0.743. The highest BCUT2D eigenvalue weighted by molar-refractivity contribution is 6.32. The number of nitrogens with zero attached hydrogens (tertiary/aromatic N) is 1. The molecule has 0 aliphatic heterocycles. The van der Waals surface area contributed by atoms with Crippen LogP contribution in [0.5, 0.6) is 11.5 Å². The number of aliphatic imine (C=N–C) groups is 1. The molecule has 0 amide bonds. The van der Waals surface area contributed by atoms with E-state index < -0.39 is 0 Å². The first-order valence-corrected chi connectivity index (χ1v) is 9.21. The van der Waals surface area contributed by atoms with Crippen LogP contribution >= 0.6 is 11.6 Å². The Labute approximate surface area is 164 Å². The van der Waals surface area contributed by atoms with Crippen molar-refractivity contribution in [3.05, 3.63) is 52.5 Å². The van der Waals surface area contributed by atoms with Crippen molar-refractivity contribution in [2.45, 2.75) is 33.3 Å². The summed E-state index contributed by atoms with van der Waals surface area (Å²) in [6, 6.07) is 10.5. The molecule has 2 aromatic rings. The van der Waals surface area contributed by atoms with E-state index >= 15 is 0 Å². The number of hydrogen-bond acceptors (Lipinski definition) is 5. The Morgan fingerprint density at radius 1 is 1.22 bits per heavy atom. The Kier molecular flexibility index (Phi) is 7.67. The van der Waals surface area contributed by atoms with Gasteiger partial charge in [0.15, 0.2) is 11.5 Å². The number of carbonyl (C=O) groups excluding carboxylic acids is 1. The van der Waals surface area contributed by atoms with E-state index in [1.165, 1.54) is 0 Å². The minimum atomic E-state index is -0.346.